The van der Waals surface area contributed by atoms with Crippen LogP contribution < -0.4 is 10.9 Å². The summed E-state index contributed by atoms with van der Waals surface area (Å²) in [5, 5.41) is 5.44. The second-order valence-corrected chi connectivity index (χ2v) is 9.69. The highest BCUT2D eigenvalue weighted by molar-refractivity contribution is 7.80. The van der Waals surface area contributed by atoms with E-state index in [1.54, 1.807) is 0 Å². The zero-order valence-corrected chi connectivity index (χ0v) is 20.2. The summed E-state index contributed by atoms with van der Waals surface area (Å²) >= 11 is 5.86. The Labute approximate surface area is 196 Å². The van der Waals surface area contributed by atoms with Crippen LogP contribution in [0.4, 0.5) is 0 Å². The number of rotatable bonds is 6. The molecule has 0 radical (unpaired) electrons. The first-order chi connectivity index (χ1) is 15.5. The van der Waals surface area contributed by atoms with E-state index in [9.17, 15) is 4.79 Å². The van der Waals surface area contributed by atoms with Gasteiger partial charge in [-0.15, -0.1) is 0 Å². The van der Waals surface area contributed by atoms with E-state index in [1.165, 1.54) is 43.2 Å². The quantitative estimate of drug-likeness (QED) is 0.649. The summed E-state index contributed by atoms with van der Waals surface area (Å²) in [6.07, 6.45) is 6.19. The lowest BCUT2D eigenvalue weighted by atomic mass is 9.96. The molecular formula is C25H36N4O2S. The summed E-state index contributed by atoms with van der Waals surface area (Å²) < 4.78 is 5.49. The lowest BCUT2D eigenvalue weighted by Gasteiger charge is -2.33. The van der Waals surface area contributed by atoms with Crippen molar-refractivity contribution in [1.82, 2.24) is 20.1 Å². The number of nitrogens with one attached hydrogen (secondary N) is 2. The SMILES string of the molecule is Cc1cc2cc(CN(CCN3CCOCC3)C(=S)NC3CCCCC3)c(=O)[nH]c2cc1C. The minimum Gasteiger partial charge on any atom is -0.379 e. The molecule has 0 amide bonds. The van der Waals surface area contributed by atoms with Gasteiger partial charge in [0.25, 0.3) is 5.56 Å². The Kier molecular flexibility index (Phi) is 7.81. The normalized spacial score (nSPS) is 18.1. The number of thiocarbonyl (C=S) groups is 1. The molecule has 2 fully saturated rings. The summed E-state index contributed by atoms with van der Waals surface area (Å²) in [7, 11) is 0. The molecule has 6 nitrogen and oxygen atoms in total. The number of morpholine rings is 1. The predicted molar refractivity (Wildman–Crippen MR) is 134 cm³/mol. The number of fused-ring (bicyclic) bond motifs is 1. The lowest BCUT2D eigenvalue weighted by Crippen LogP contribution is -2.48. The van der Waals surface area contributed by atoms with E-state index in [0.717, 1.165) is 61.0 Å². The van der Waals surface area contributed by atoms with Crippen LogP contribution >= 0.6 is 12.2 Å². The predicted octanol–water partition coefficient (Wildman–Crippen LogP) is 3.49. The minimum absolute atomic E-state index is 0.0300. The van der Waals surface area contributed by atoms with Gasteiger partial charge in [-0.2, -0.15) is 0 Å². The number of pyridine rings is 1. The van der Waals surface area contributed by atoms with Crippen molar-refractivity contribution >= 4 is 28.2 Å². The Hall–Kier alpha value is -1.96. The maximum Gasteiger partial charge on any atom is 0.253 e. The van der Waals surface area contributed by atoms with Gasteiger partial charge in [0.1, 0.15) is 0 Å². The fourth-order valence-corrected chi connectivity index (χ4v) is 5.02. The van der Waals surface area contributed by atoms with Crippen LogP contribution in [0.1, 0.15) is 48.8 Å². The van der Waals surface area contributed by atoms with Crippen LogP contribution in [-0.4, -0.2) is 65.3 Å². The van der Waals surface area contributed by atoms with E-state index in [4.69, 9.17) is 17.0 Å². The first kappa shape index (κ1) is 23.2. The first-order valence-corrected chi connectivity index (χ1v) is 12.4. The second-order valence-electron chi connectivity index (χ2n) is 9.31. The summed E-state index contributed by atoms with van der Waals surface area (Å²) in [6, 6.07) is 6.69. The number of hydrogen-bond acceptors (Lipinski definition) is 4. The lowest BCUT2D eigenvalue weighted by molar-refractivity contribution is 0.0356. The number of H-pyrrole nitrogens is 1. The summed E-state index contributed by atoms with van der Waals surface area (Å²) in [5.74, 6) is 0. The number of hydrogen-bond donors (Lipinski definition) is 2. The van der Waals surface area contributed by atoms with Crippen molar-refractivity contribution in [2.45, 2.75) is 58.5 Å². The zero-order chi connectivity index (χ0) is 22.5. The highest BCUT2D eigenvalue weighted by Crippen LogP contribution is 2.19. The maximum absolute atomic E-state index is 12.9. The molecule has 2 aromatic rings. The molecule has 4 rings (SSSR count). The van der Waals surface area contributed by atoms with Gasteiger partial charge in [0, 0.05) is 43.3 Å². The number of aromatic nitrogens is 1. The van der Waals surface area contributed by atoms with Crippen LogP contribution in [0.15, 0.2) is 23.0 Å². The van der Waals surface area contributed by atoms with Crippen molar-refractivity contribution in [3.8, 4) is 0 Å². The molecule has 1 aromatic carbocycles. The molecule has 0 unspecified atom stereocenters. The van der Waals surface area contributed by atoms with E-state index in [0.29, 0.717) is 12.6 Å². The van der Waals surface area contributed by atoms with E-state index in [1.807, 2.05) is 6.07 Å². The van der Waals surface area contributed by atoms with E-state index < -0.39 is 0 Å². The third-order valence-corrected chi connectivity index (χ3v) is 7.28. The highest BCUT2D eigenvalue weighted by Gasteiger charge is 2.20. The molecular weight excluding hydrogens is 420 g/mol. The third-order valence-electron chi connectivity index (χ3n) is 6.91. The topological polar surface area (TPSA) is 60.6 Å². The highest BCUT2D eigenvalue weighted by atomic mass is 32.1. The summed E-state index contributed by atoms with van der Waals surface area (Å²) in [4.78, 5) is 20.6. The van der Waals surface area contributed by atoms with Gasteiger partial charge in [0.15, 0.2) is 5.11 Å². The van der Waals surface area contributed by atoms with Crippen molar-refractivity contribution in [3.63, 3.8) is 0 Å². The molecule has 1 saturated carbocycles. The van der Waals surface area contributed by atoms with Gasteiger partial charge < -0.3 is 19.9 Å². The van der Waals surface area contributed by atoms with Crippen molar-refractivity contribution < 1.29 is 4.74 Å². The Balaban J connectivity index is 1.52. The van der Waals surface area contributed by atoms with E-state index >= 15 is 0 Å². The van der Waals surface area contributed by atoms with Crippen molar-refractivity contribution in [3.05, 3.63) is 45.2 Å². The Morgan fingerprint density at radius 2 is 1.88 bits per heavy atom. The molecule has 2 heterocycles. The molecule has 0 bridgehead atoms. The van der Waals surface area contributed by atoms with Gasteiger partial charge in [-0.1, -0.05) is 19.3 Å². The second kappa shape index (κ2) is 10.8. The van der Waals surface area contributed by atoms with Crippen LogP contribution in [0.5, 0.6) is 0 Å². The van der Waals surface area contributed by atoms with E-state index in [2.05, 4.69) is 46.1 Å². The number of aromatic amines is 1. The molecule has 1 aromatic heterocycles. The summed E-state index contributed by atoms with van der Waals surface area (Å²) in [5.41, 5.74) is 4.04. The molecule has 1 saturated heterocycles. The van der Waals surface area contributed by atoms with Gasteiger partial charge in [-0.25, -0.2) is 0 Å². The number of ether oxygens (including phenoxy) is 1. The molecule has 1 aliphatic heterocycles. The first-order valence-electron chi connectivity index (χ1n) is 12.0. The smallest absolute Gasteiger partial charge is 0.253 e. The van der Waals surface area contributed by atoms with Gasteiger partial charge in [0.2, 0.25) is 0 Å². The Morgan fingerprint density at radius 3 is 2.62 bits per heavy atom. The summed E-state index contributed by atoms with van der Waals surface area (Å²) in [6.45, 7) is 9.88. The molecule has 2 aliphatic rings. The monoisotopic (exact) mass is 456 g/mol. The number of nitrogens with zero attached hydrogens (tertiary/aromatic N) is 2. The van der Waals surface area contributed by atoms with Gasteiger partial charge in [0.05, 0.1) is 19.8 Å². The van der Waals surface area contributed by atoms with Crippen molar-refractivity contribution in [2.75, 3.05) is 39.4 Å². The maximum atomic E-state index is 12.9. The fraction of sp³-hybridized carbons (Fsp3) is 0.600. The molecule has 2 N–H and O–H groups in total. The van der Waals surface area contributed by atoms with Crippen LogP contribution in [-0.2, 0) is 11.3 Å². The number of aryl methyl sites for hydroxylation is 2. The molecule has 0 atom stereocenters. The van der Waals surface area contributed by atoms with Crippen LogP contribution in [0, 0.1) is 13.8 Å². The number of benzene rings is 1. The van der Waals surface area contributed by atoms with Crippen molar-refractivity contribution in [2.24, 2.45) is 0 Å². The molecule has 174 valence electrons. The largest absolute Gasteiger partial charge is 0.379 e. The molecule has 1 aliphatic carbocycles. The zero-order valence-electron chi connectivity index (χ0n) is 19.4. The van der Waals surface area contributed by atoms with Crippen molar-refractivity contribution in [1.29, 1.82) is 0 Å². The Bertz CT molecular complexity index is 993. The fourth-order valence-electron chi connectivity index (χ4n) is 4.70. The molecule has 7 heteroatoms. The Morgan fingerprint density at radius 1 is 1.16 bits per heavy atom. The van der Waals surface area contributed by atoms with Crippen LogP contribution in [0.2, 0.25) is 0 Å². The van der Waals surface area contributed by atoms with Gasteiger partial charge in [-0.3, -0.25) is 9.69 Å². The standard InChI is InChI=1S/C25H36N4O2S/c1-18-14-20-16-21(24(30)27-23(20)15-19(18)2)17-29(9-8-28-10-12-31-13-11-28)25(32)26-22-6-4-3-5-7-22/h14-16,22H,3-13,17H2,1-2H3,(H,26,32)(H,27,30). The van der Waals surface area contributed by atoms with Gasteiger partial charge >= 0.3 is 0 Å². The van der Waals surface area contributed by atoms with Crippen LogP contribution in [0.3, 0.4) is 0 Å². The van der Waals surface area contributed by atoms with Crippen LogP contribution in [0.25, 0.3) is 10.9 Å². The average molecular weight is 457 g/mol. The minimum atomic E-state index is -0.0300. The van der Waals surface area contributed by atoms with Gasteiger partial charge in [-0.05, 0) is 73.6 Å². The molecule has 0 spiro atoms. The third kappa shape index (κ3) is 5.88. The van der Waals surface area contributed by atoms with E-state index in [-0.39, 0.29) is 5.56 Å². The molecule has 32 heavy (non-hydrogen) atoms. The average Bonchev–Trinajstić information content (AvgIpc) is 2.79.